The molecule has 0 saturated carbocycles. The van der Waals surface area contributed by atoms with Gasteiger partial charge < -0.3 is 10.1 Å². The topological polar surface area (TPSA) is 21.3 Å². The molecule has 0 aliphatic heterocycles. The van der Waals surface area contributed by atoms with Gasteiger partial charge in [-0.2, -0.15) is 0 Å². The van der Waals surface area contributed by atoms with Crippen molar-refractivity contribution in [3.05, 3.63) is 25.1 Å². The van der Waals surface area contributed by atoms with Crippen LogP contribution in [0.25, 0.3) is 0 Å². The maximum absolute atomic E-state index is 6.07. The average Bonchev–Trinajstić information content (AvgIpc) is 2.46. The van der Waals surface area contributed by atoms with E-state index in [-0.39, 0.29) is 30.9 Å². The van der Waals surface area contributed by atoms with Gasteiger partial charge in [-0.05, 0) is 12.8 Å². The minimum absolute atomic E-state index is 0.130. The van der Waals surface area contributed by atoms with Crippen molar-refractivity contribution in [2.24, 2.45) is 0 Å². The lowest BCUT2D eigenvalue weighted by Gasteiger charge is -2.17. The van der Waals surface area contributed by atoms with E-state index in [4.69, 9.17) is 62.7 Å². The molecule has 0 atom stereocenters. The van der Waals surface area contributed by atoms with Crippen LogP contribution >= 0.6 is 58.0 Å². The molecule has 0 saturated heterocycles. The number of nitrogens with one attached hydrogen (secondary N) is 1. The van der Waals surface area contributed by atoms with Crippen LogP contribution in [-0.4, -0.2) is 19.2 Å². The highest BCUT2D eigenvalue weighted by molar-refractivity contribution is 6.55. The molecule has 0 spiro atoms. The van der Waals surface area contributed by atoms with Crippen molar-refractivity contribution in [1.82, 2.24) is 5.32 Å². The largest absolute Gasteiger partial charge is 0.489 e. The van der Waals surface area contributed by atoms with Crippen molar-refractivity contribution < 1.29 is 4.74 Å². The number of ether oxygens (including phenoxy) is 1. The van der Waals surface area contributed by atoms with E-state index in [1.54, 1.807) is 0 Å². The molecule has 0 unspecified atom stereocenters. The smallest absolute Gasteiger partial charge is 0.159 e. The lowest BCUT2D eigenvalue weighted by molar-refractivity contribution is 0.303. The summed E-state index contributed by atoms with van der Waals surface area (Å²) in [5.74, 6) is 0.263. The quantitative estimate of drug-likeness (QED) is 0.350. The van der Waals surface area contributed by atoms with Crippen LogP contribution in [0.2, 0.25) is 25.1 Å². The fourth-order valence-corrected chi connectivity index (χ4v) is 2.94. The highest BCUT2D eigenvalue weighted by atomic mass is 35.5. The SMILES string of the molecule is CCC(CC)NCCOc1c(Cl)c(Cl)c(Cl)c(Cl)c1Cl. The third-order valence-electron chi connectivity index (χ3n) is 2.94. The van der Waals surface area contributed by atoms with E-state index in [0.29, 0.717) is 19.2 Å². The van der Waals surface area contributed by atoms with Gasteiger partial charge in [-0.15, -0.1) is 0 Å². The van der Waals surface area contributed by atoms with Crippen LogP contribution in [0.3, 0.4) is 0 Å². The van der Waals surface area contributed by atoms with Gasteiger partial charge in [0, 0.05) is 12.6 Å². The van der Waals surface area contributed by atoms with E-state index in [0.717, 1.165) is 12.8 Å². The zero-order chi connectivity index (χ0) is 15.3. The summed E-state index contributed by atoms with van der Waals surface area (Å²) in [6.45, 7) is 5.35. The number of halogens is 5. The maximum atomic E-state index is 6.07. The standard InChI is InChI=1S/C13H16Cl5NO/c1-3-7(4-2)19-5-6-20-13-11(17)9(15)8(14)10(16)12(13)18/h7,19H,3-6H2,1-2H3. The molecule has 0 aliphatic carbocycles. The van der Waals surface area contributed by atoms with Gasteiger partial charge in [0.05, 0.1) is 15.1 Å². The molecule has 114 valence electrons. The van der Waals surface area contributed by atoms with E-state index in [1.807, 2.05) is 0 Å². The molecular weight excluding hydrogens is 363 g/mol. The Hall–Kier alpha value is 0.430. The molecule has 1 aromatic carbocycles. The first-order chi connectivity index (χ1) is 9.43. The minimum atomic E-state index is 0.130. The molecular formula is C13H16Cl5NO. The second-order valence-corrected chi connectivity index (χ2v) is 6.10. The van der Waals surface area contributed by atoms with Crippen molar-refractivity contribution in [3.8, 4) is 5.75 Å². The van der Waals surface area contributed by atoms with Crippen molar-refractivity contribution in [3.63, 3.8) is 0 Å². The molecule has 0 fully saturated rings. The van der Waals surface area contributed by atoms with Crippen molar-refractivity contribution in [2.45, 2.75) is 32.7 Å². The van der Waals surface area contributed by atoms with E-state index in [2.05, 4.69) is 19.2 Å². The van der Waals surface area contributed by atoms with Crippen LogP contribution in [0, 0.1) is 0 Å². The minimum Gasteiger partial charge on any atom is -0.489 e. The monoisotopic (exact) mass is 377 g/mol. The van der Waals surface area contributed by atoms with Crippen molar-refractivity contribution in [1.29, 1.82) is 0 Å². The van der Waals surface area contributed by atoms with E-state index in [9.17, 15) is 0 Å². The van der Waals surface area contributed by atoms with Gasteiger partial charge in [-0.1, -0.05) is 71.9 Å². The molecule has 0 aliphatic rings. The van der Waals surface area contributed by atoms with Gasteiger partial charge >= 0.3 is 0 Å². The Labute approximate surface area is 144 Å². The first-order valence-electron chi connectivity index (χ1n) is 6.31. The lowest BCUT2D eigenvalue weighted by atomic mass is 10.2. The van der Waals surface area contributed by atoms with Gasteiger partial charge in [0.1, 0.15) is 16.7 Å². The Kier molecular flexibility index (Phi) is 8.10. The van der Waals surface area contributed by atoms with Crippen LogP contribution in [0.15, 0.2) is 0 Å². The number of hydrogen-bond acceptors (Lipinski definition) is 2. The summed E-state index contributed by atoms with van der Waals surface area (Å²) in [6.07, 6.45) is 2.13. The molecule has 0 amide bonds. The van der Waals surface area contributed by atoms with E-state index in [1.165, 1.54) is 0 Å². The maximum Gasteiger partial charge on any atom is 0.159 e. The zero-order valence-electron chi connectivity index (χ0n) is 11.2. The Morgan fingerprint density at radius 1 is 0.850 bits per heavy atom. The Bertz CT molecular complexity index is 434. The molecule has 1 aromatic rings. The molecule has 0 aromatic heterocycles. The third-order valence-corrected chi connectivity index (χ3v) is 5.18. The number of benzene rings is 1. The van der Waals surface area contributed by atoms with Crippen LogP contribution in [0.4, 0.5) is 0 Å². The molecule has 1 rings (SSSR count). The predicted octanol–water partition coefficient (Wildman–Crippen LogP) is 6.11. The number of rotatable bonds is 7. The van der Waals surface area contributed by atoms with Crippen LogP contribution in [0.1, 0.15) is 26.7 Å². The molecule has 20 heavy (non-hydrogen) atoms. The third kappa shape index (κ3) is 4.46. The first kappa shape index (κ1) is 18.5. The van der Waals surface area contributed by atoms with Gasteiger partial charge in [0.25, 0.3) is 0 Å². The summed E-state index contributed by atoms with van der Waals surface area (Å²) < 4.78 is 5.57. The Morgan fingerprint density at radius 2 is 1.30 bits per heavy atom. The fourth-order valence-electron chi connectivity index (χ4n) is 1.70. The first-order valence-corrected chi connectivity index (χ1v) is 8.20. The predicted molar refractivity (Wildman–Crippen MR) is 89.4 cm³/mol. The summed E-state index contributed by atoms with van der Waals surface area (Å²) in [6, 6.07) is 0.474. The second kappa shape index (κ2) is 8.77. The highest BCUT2D eigenvalue weighted by Crippen LogP contribution is 2.48. The molecule has 0 heterocycles. The summed E-state index contributed by atoms with van der Waals surface area (Å²) in [5, 5.41) is 4.13. The van der Waals surface area contributed by atoms with Crippen LogP contribution in [-0.2, 0) is 0 Å². The fraction of sp³-hybridized carbons (Fsp3) is 0.538. The van der Waals surface area contributed by atoms with Gasteiger partial charge in [-0.25, -0.2) is 0 Å². The van der Waals surface area contributed by atoms with Gasteiger partial charge in [0.15, 0.2) is 5.75 Å². The second-order valence-electron chi connectivity index (χ2n) is 4.22. The summed E-state index contributed by atoms with van der Waals surface area (Å²) in [4.78, 5) is 0. The number of hydrogen-bond donors (Lipinski definition) is 1. The van der Waals surface area contributed by atoms with E-state index >= 15 is 0 Å². The highest BCUT2D eigenvalue weighted by Gasteiger charge is 2.20. The molecule has 1 N–H and O–H groups in total. The van der Waals surface area contributed by atoms with Gasteiger partial charge in [0.2, 0.25) is 0 Å². The molecule has 0 bridgehead atoms. The Morgan fingerprint density at radius 3 is 1.75 bits per heavy atom. The normalized spacial score (nSPS) is 11.2. The Balaban J connectivity index is 2.70. The molecule has 7 heteroatoms. The van der Waals surface area contributed by atoms with Crippen molar-refractivity contribution in [2.75, 3.05) is 13.2 Å². The summed E-state index contributed by atoms with van der Waals surface area (Å²) in [5.41, 5.74) is 0. The van der Waals surface area contributed by atoms with E-state index < -0.39 is 0 Å². The van der Waals surface area contributed by atoms with Crippen LogP contribution < -0.4 is 10.1 Å². The zero-order valence-corrected chi connectivity index (χ0v) is 15.0. The summed E-state index contributed by atoms with van der Waals surface area (Å²) in [7, 11) is 0. The van der Waals surface area contributed by atoms with Gasteiger partial charge in [-0.3, -0.25) is 0 Å². The molecule has 2 nitrogen and oxygen atoms in total. The lowest BCUT2D eigenvalue weighted by Crippen LogP contribution is -2.31. The van der Waals surface area contributed by atoms with Crippen molar-refractivity contribution >= 4 is 58.0 Å². The average molecular weight is 380 g/mol. The summed E-state index contributed by atoms with van der Waals surface area (Å²) >= 11 is 30.0. The van der Waals surface area contributed by atoms with Crippen LogP contribution in [0.5, 0.6) is 5.75 Å². The molecule has 0 radical (unpaired) electrons.